The van der Waals surface area contributed by atoms with Crippen molar-refractivity contribution in [3.8, 4) is 0 Å². The highest BCUT2D eigenvalue weighted by atomic mass is 32.2. The zero-order valence-electron chi connectivity index (χ0n) is 12.8. The van der Waals surface area contributed by atoms with Gasteiger partial charge in [0.05, 0.1) is 23.6 Å². The SMILES string of the molecule is CCCCCC[C@@H](NS(=O)(=O)c1ccc(C)cc1)[C@@H]1CO1. The Morgan fingerprint density at radius 1 is 1.24 bits per heavy atom. The van der Waals surface area contributed by atoms with Crippen molar-refractivity contribution < 1.29 is 13.2 Å². The summed E-state index contributed by atoms with van der Waals surface area (Å²) in [6.07, 6.45) is 5.45. The van der Waals surface area contributed by atoms with Gasteiger partial charge in [-0.25, -0.2) is 13.1 Å². The lowest BCUT2D eigenvalue weighted by Gasteiger charge is -2.17. The van der Waals surface area contributed by atoms with Crippen molar-refractivity contribution in [3.63, 3.8) is 0 Å². The molecule has 2 atom stereocenters. The molecule has 118 valence electrons. The van der Waals surface area contributed by atoms with Crippen molar-refractivity contribution in [2.45, 2.75) is 63.0 Å². The number of sulfonamides is 1. The average Bonchev–Trinajstić information content (AvgIpc) is 3.27. The van der Waals surface area contributed by atoms with Crippen molar-refractivity contribution in [3.05, 3.63) is 29.8 Å². The number of aryl methyl sites for hydroxylation is 1. The maximum Gasteiger partial charge on any atom is 0.240 e. The number of unbranched alkanes of at least 4 members (excludes halogenated alkanes) is 3. The summed E-state index contributed by atoms with van der Waals surface area (Å²) >= 11 is 0. The summed E-state index contributed by atoms with van der Waals surface area (Å²) in [6.45, 7) is 4.77. The third-order valence-corrected chi connectivity index (χ3v) is 5.32. The van der Waals surface area contributed by atoms with Crippen molar-refractivity contribution in [2.75, 3.05) is 6.61 Å². The Kier molecular flexibility index (Phi) is 5.79. The smallest absolute Gasteiger partial charge is 0.240 e. The van der Waals surface area contributed by atoms with Gasteiger partial charge in [0.25, 0.3) is 0 Å². The van der Waals surface area contributed by atoms with Gasteiger partial charge in [-0.3, -0.25) is 0 Å². The lowest BCUT2D eigenvalue weighted by Crippen LogP contribution is -2.38. The number of ether oxygens (including phenoxy) is 1. The van der Waals surface area contributed by atoms with Crippen molar-refractivity contribution in [2.24, 2.45) is 0 Å². The van der Waals surface area contributed by atoms with E-state index in [1.165, 1.54) is 12.8 Å². The van der Waals surface area contributed by atoms with E-state index in [0.717, 1.165) is 24.8 Å². The van der Waals surface area contributed by atoms with E-state index in [0.29, 0.717) is 11.5 Å². The molecule has 1 N–H and O–H groups in total. The molecule has 1 saturated heterocycles. The van der Waals surface area contributed by atoms with Crippen LogP contribution in [-0.4, -0.2) is 27.2 Å². The Bertz CT molecular complexity index is 535. The molecule has 0 aliphatic carbocycles. The van der Waals surface area contributed by atoms with E-state index in [1.54, 1.807) is 12.1 Å². The molecule has 4 nitrogen and oxygen atoms in total. The minimum Gasteiger partial charge on any atom is -0.371 e. The summed E-state index contributed by atoms with van der Waals surface area (Å²) in [5, 5.41) is 0. The molecule has 21 heavy (non-hydrogen) atoms. The molecule has 0 aromatic heterocycles. The summed E-state index contributed by atoms with van der Waals surface area (Å²) in [5.41, 5.74) is 1.05. The molecule has 1 aliphatic rings. The summed E-state index contributed by atoms with van der Waals surface area (Å²) in [5.74, 6) is 0. The van der Waals surface area contributed by atoms with Gasteiger partial charge >= 0.3 is 0 Å². The van der Waals surface area contributed by atoms with Crippen molar-refractivity contribution in [1.82, 2.24) is 4.72 Å². The molecule has 0 unspecified atom stereocenters. The van der Waals surface area contributed by atoms with Crippen LogP contribution in [0.3, 0.4) is 0 Å². The first-order chi connectivity index (χ1) is 10.0. The van der Waals surface area contributed by atoms with Crippen LogP contribution < -0.4 is 4.72 Å². The zero-order chi connectivity index (χ0) is 15.3. The van der Waals surface area contributed by atoms with Gasteiger partial charge in [0.1, 0.15) is 0 Å². The first-order valence-corrected chi connectivity index (χ1v) is 9.22. The molecule has 0 bridgehead atoms. The second-order valence-corrected chi connectivity index (χ2v) is 7.48. The fraction of sp³-hybridized carbons (Fsp3) is 0.625. The van der Waals surface area contributed by atoms with Gasteiger partial charge in [0.15, 0.2) is 0 Å². The third-order valence-electron chi connectivity index (χ3n) is 3.81. The first kappa shape index (κ1) is 16.5. The van der Waals surface area contributed by atoms with Gasteiger partial charge in [0, 0.05) is 0 Å². The molecule has 1 fully saturated rings. The van der Waals surface area contributed by atoms with Crippen LogP contribution in [0.25, 0.3) is 0 Å². The van der Waals surface area contributed by atoms with Crippen LogP contribution in [0.5, 0.6) is 0 Å². The average molecular weight is 311 g/mol. The number of benzene rings is 1. The lowest BCUT2D eigenvalue weighted by molar-refractivity contribution is 0.345. The highest BCUT2D eigenvalue weighted by Crippen LogP contribution is 2.21. The topological polar surface area (TPSA) is 58.7 Å². The van der Waals surface area contributed by atoms with E-state index in [4.69, 9.17) is 4.74 Å². The largest absolute Gasteiger partial charge is 0.371 e. The third kappa shape index (κ3) is 5.09. The van der Waals surface area contributed by atoms with Crippen LogP contribution >= 0.6 is 0 Å². The molecule has 0 amide bonds. The fourth-order valence-electron chi connectivity index (χ4n) is 2.38. The second-order valence-electron chi connectivity index (χ2n) is 5.76. The molecule has 1 heterocycles. The van der Waals surface area contributed by atoms with Crippen LogP contribution in [0.4, 0.5) is 0 Å². The summed E-state index contributed by atoms with van der Waals surface area (Å²) in [7, 11) is -3.45. The Balaban J connectivity index is 1.96. The predicted octanol–water partition coefficient (Wildman–Crippen LogP) is 3.01. The molecule has 2 rings (SSSR count). The second kappa shape index (κ2) is 7.38. The van der Waals surface area contributed by atoms with Gasteiger partial charge in [-0.15, -0.1) is 0 Å². The van der Waals surface area contributed by atoms with Crippen LogP contribution in [0.15, 0.2) is 29.2 Å². The molecular formula is C16H25NO3S. The first-order valence-electron chi connectivity index (χ1n) is 7.73. The molecule has 5 heteroatoms. The van der Waals surface area contributed by atoms with E-state index >= 15 is 0 Å². The number of epoxide rings is 1. The van der Waals surface area contributed by atoms with E-state index < -0.39 is 10.0 Å². The van der Waals surface area contributed by atoms with Crippen LogP contribution in [0, 0.1) is 6.92 Å². The van der Waals surface area contributed by atoms with Gasteiger partial charge in [-0.1, -0.05) is 50.3 Å². The van der Waals surface area contributed by atoms with Gasteiger partial charge in [0.2, 0.25) is 10.0 Å². The maximum absolute atomic E-state index is 12.4. The molecular weight excluding hydrogens is 286 g/mol. The Morgan fingerprint density at radius 2 is 1.90 bits per heavy atom. The fourth-order valence-corrected chi connectivity index (χ4v) is 3.68. The minimum atomic E-state index is -3.45. The van der Waals surface area contributed by atoms with Crippen LogP contribution in [-0.2, 0) is 14.8 Å². The lowest BCUT2D eigenvalue weighted by atomic mass is 10.1. The van der Waals surface area contributed by atoms with E-state index in [2.05, 4.69) is 11.6 Å². The number of rotatable bonds is 9. The van der Waals surface area contributed by atoms with Crippen molar-refractivity contribution in [1.29, 1.82) is 0 Å². The van der Waals surface area contributed by atoms with Gasteiger partial charge in [-0.2, -0.15) is 0 Å². The Hall–Kier alpha value is -0.910. The number of nitrogens with one attached hydrogen (secondary N) is 1. The van der Waals surface area contributed by atoms with Crippen LogP contribution in [0.1, 0.15) is 44.6 Å². The molecule has 1 aromatic carbocycles. The summed E-state index contributed by atoms with van der Waals surface area (Å²) in [4.78, 5) is 0.326. The van der Waals surface area contributed by atoms with E-state index in [1.807, 2.05) is 19.1 Å². The molecule has 0 saturated carbocycles. The normalized spacial score (nSPS) is 19.4. The molecule has 0 spiro atoms. The van der Waals surface area contributed by atoms with Crippen LogP contribution in [0.2, 0.25) is 0 Å². The number of hydrogen-bond acceptors (Lipinski definition) is 3. The van der Waals surface area contributed by atoms with Gasteiger partial charge < -0.3 is 4.74 Å². The minimum absolute atomic E-state index is 0.0480. The highest BCUT2D eigenvalue weighted by Gasteiger charge is 2.35. The van der Waals surface area contributed by atoms with E-state index in [9.17, 15) is 8.42 Å². The highest BCUT2D eigenvalue weighted by molar-refractivity contribution is 7.89. The summed E-state index contributed by atoms with van der Waals surface area (Å²) in [6, 6.07) is 6.84. The standard InChI is InChI=1S/C16H25NO3S/c1-3-4-5-6-7-15(16-12-20-16)17-21(18,19)14-10-8-13(2)9-11-14/h8-11,15-17H,3-7,12H2,1-2H3/t15-,16+/m1/s1. The van der Waals surface area contributed by atoms with Gasteiger partial charge in [-0.05, 0) is 25.5 Å². The Morgan fingerprint density at radius 3 is 2.48 bits per heavy atom. The van der Waals surface area contributed by atoms with Crippen molar-refractivity contribution >= 4 is 10.0 Å². The predicted molar refractivity (Wildman–Crippen MR) is 83.8 cm³/mol. The summed E-state index contributed by atoms with van der Waals surface area (Å²) < 4.78 is 32.9. The molecule has 0 radical (unpaired) electrons. The maximum atomic E-state index is 12.4. The zero-order valence-corrected chi connectivity index (χ0v) is 13.7. The monoisotopic (exact) mass is 311 g/mol. The number of hydrogen-bond donors (Lipinski definition) is 1. The quantitative estimate of drug-likeness (QED) is 0.563. The molecule has 1 aliphatic heterocycles. The Labute approximate surface area is 127 Å². The van der Waals surface area contributed by atoms with E-state index in [-0.39, 0.29) is 12.1 Å². The molecule has 1 aromatic rings.